The van der Waals surface area contributed by atoms with E-state index in [9.17, 15) is 0 Å². The van der Waals surface area contributed by atoms with E-state index in [1.807, 2.05) is 18.2 Å². The van der Waals surface area contributed by atoms with Gasteiger partial charge in [-0.1, -0.05) is 140 Å². The maximum absolute atomic E-state index is 6.38. The van der Waals surface area contributed by atoms with E-state index in [-0.39, 0.29) is 0 Å². The third-order valence-corrected chi connectivity index (χ3v) is 14.3. The van der Waals surface area contributed by atoms with Crippen LogP contribution in [0.15, 0.2) is 248 Å². The second-order valence-electron chi connectivity index (χ2n) is 18.4. The van der Waals surface area contributed by atoms with Crippen LogP contribution in [0, 0.1) is 0 Å². The Morgan fingerprint density at radius 3 is 0.657 bits per heavy atom. The van der Waals surface area contributed by atoms with E-state index in [4.69, 9.17) is 17.7 Å². The Hall–Kier alpha value is -9.38. The number of furan rings is 4. The van der Waals surface area contributed by atoms with Gasteiger partial charge in [0.05, 0.1) is 0 Å². The van der Waals surface area contributed by atoms with Gasteiger partial charge in [0.2, 0.25) is 0 Å². The molecule has 15 aromatic rings. The molecule has 0 unspecified atom stereocenters. The lowest BCUT2D eigenvalue weighted by molar-refractivity contribution is 0.668. The summed E-state index contributed by atoms with van der Waals surface area (Å²) < 4.78 is 25.1. The molecule has 0 N–H and O–H groups in total. The Balaban J connectivity index is 0.702. The highest BCUT2D eigenvalue weighted by Crippen LogP contribution is 2.41. The molecular formula is C66H38O4. The van der Waals surface area contributed by atoms with Gasteiger partial charge in [-0.25, -0.2) is 0 Å². The molecule has 0 saturated carbocycles. The lowest BCUT2D eigenvalue weighted by Gasteiger charge is -2.08. The van der Waals surface area contributed by atoms with E-state index in [1.165, 1.54) is 22.3 Å². The topological polar surface area (TPSA) is 52.6 Å². The zero-order valence-corrected chi connectivity index (χ0v) is 37.6. The van der Waals surface area contributed by atoms with Gasteiger partial charge in [0.1, 0.15) is 44.7 Å². The molecule has 0 aliphatic rings. The molecule has 4 heterocycles. The van der Waals surface area contributed by atoms with Crippen molar-refractivity contribution in [2.45, 2.75) is 0 Å². The van der Waals surface area contributed by atoms with Crippen molar-refractivity contribution in [1.82, 2.24) is 0 Å². The highest BCUT2D eigenvalue weighted by Gasteiger charge is 2.16. The summed E-state index contributed by atoms with van der Waals surface area (Å²) in [4.78, 5) is 0. The molecular weight excluding hydrogens is 857 g/mol. The molecule has 0 atom stereocenters. The number of rotatable bonds is 6. The predicted octanol–water partition coefficient (Wildman–Crippen LogP) is 19.3. The minimum atomic E-state index is 0.873. The van der Waals surface area contributed by atoms with E-state index >= 15 is 0 Å². The van der Waals surface area contributed by atoms with Gasteiger partial charge in [-0.3, -0.25) is 0 Å². The fourth-order valence-electron chi connectivity index (χ4n) is 10.7. The molecule has 4 heteroatoms. The van der Waals surface area contributed by atoms with E-state index < -0.39 is 0 Å². The van der Waals surface area contributed by atoms with Crippen LogP contribution in [0.5, 0.6) is 0 Å². The highest BCUT2D eigenvalue weighted by atomic mass is 16.3. The SMILES string of the molecule is c1ccc(-c2ccc3oc4ccc(-c5ccc6oc7ccc(-c8ccc(-c9ccc(-c%10ccc%11oc%12ccc(-c%13ccc%14oc%15ccccc%15c%14c%13)cc%12c%11c%10)cc9)cc8)cc7c6c5)cc4c3c2)cc1. The Labute approximate surface area is 400 Å². The van der Waals surface area contributed by atoms with Crippen molar-refractivity contribution in [3.05, 3.63) is 231 Å². The molecule has 0 bridgehead atoms. The minimum absolute atomic E-state index is 0.873. The van der Waals surface area contributed by atoms with Crippen molar-refractivity contribution in [3.8, 4) is 66.8 Å². The molecule has 4 nitrogen and oxygen atoms in total. The first-order valence-electron chi connectivity index (χ1n) is 23.7. The summed E-state index contributed by atoms with van der Waals surface area (Å²) in [6.07, 6.45) is 0. The van der Waals surface area contributed by atoms with Crippen LogP contribution in [-0.2, 0) is 0 Å². The summed E-state index contributed by atoms with van der Waals surface area (Å²) in [7, 11) is 0. The molecule has 4 aromatic heterocycles. The highest BCUT2D eigenvalue weighted by molar-refractivity contribution is 6.11. The lowest BCUT2D eigenvalue weighted by Crippen LogP contribution is -1.83. The summed E-state index contributed by atoms with van der Waals surface area (Å²) in [6, 6.07) is 81.8. The Bertz CT molecular complexity index is 4560. The standard InChI is InChI=1S/C66H38O4/c1-2-6-39(7-3-1)44-18-25-61-53(32-44)56-37-49(23-30-64(56)68-61)50-24-31-66-58(38-50)55-34-46(20-27-63(55)70-66)43-16-12-41(13-17-43)40-10-14-42(15-11-40)45-19-26-62-54(33-45)57-36-48(22-29-65(57)69-62)47-21-28-60-52(35-47)51-8-4-5-9-59(51)67-60/h1-38H. The van der Waals surface area contributed by atoms with Gasteiger partial charge in [0.25, 0.3) is 0 Å². The fourth-order valence-corrected chi connectivity index (χ4v) is 10.7. The second-order valence-corrected chi connectivity index (χ2v) is 18.4. The number of hydrogen-bond acceptors (Lipinski definition) is 4. The van der Waals surface area contributed by atoms with Crippen molar-refractivity contribution in [3.63, 3.8) is 0 Å². The first kappa shape index (κ1) is 38.7. The maximum atomic E-state index is 6.38. The first-order chi connectivity index (χ1) is 34.6. The average Bonchev–Trinajstić information content (AvgIpc) is 4.20. The van der Waals surface area contributed by atoms with E-state index in [0.717, 1.165) is 132 Å². The molecule has 0 spiro atoms. The molecule has 15 rings (SSSR count). The lowest BCUT2D eigenvalue weighted by atomic mass is 9.96. The van der Waals surface area contributed by atoms with Crippen LogP contribution in [0.2, 0.25) is 0 Å². The molecule has 0 amide bonds. The van der Waals surface area contributed by atoms with Crippen LogP contribution >= 0.6 is 0 Å². The van der Waals surface area contributed by atoms with Crippen molar-refractivity contribution in [2.75, 3.05) is 0 Å². The smallest absolute Gasteiger partial charge is 0.135 e. The van der Waals surface area contributed by atoms with Gasteiger partial charge in [0, 0.05) is 43.1 Å². The summed E-state index contributed by atoms with van der Waals surface area (Å²) in [6.45, 7) is 0. The Morgan fingerprint density at radius 1 is 0.143 bits per heavy atom. The third-order valence-electron chi connectivity index (χ3n) is 14.3. The molecule has 0 aliphatic carbocycles. The fraction of sp³-hybridized carbons (Fsp3) is 0. The normalized spacial score (nSPS) is 12.0. The van der Waals surface area contributed by atoms with Gasteiger partial charge in [-0.15, -0.1) is 0 Å². The van der Waals surface area contributed by atoms with Crippen LogP contribution in [0.1, 0.15) is 0 Å². The first-order valence-corrected chi connectivity index (χ1v) is 23.7. The second kappa shape index (κ2) is 15.1. The summed E-state index contributed by atoms with van der Waals surface area (Å²) in [5, 5.41) is 8.86. The van der Waals surface area contributed by atoms with Crippen molar-refractivity contribution in [2.24, 2.45) is 0 Å². The summed E-state index contributed by atoms with van der Waals surface area (Å²) in [5.41, 5.74) is 20.9. The maximum Gasteiger partial charge on any atom is 0.135 e. The van der Waals surface area contributed by atoms with Crippen LogP contribution < -0.4 is 0 Å². The number of fused-ring (bicyclic) bond motifs is 12. The number of para-hydroxylation sites is 1. The molecule has 0 radical (unpaired) electrons. The van der Waals surface area contributed by atoms with Crippen LogP contribution in [0.4, 0.5) is 0 Å². The molecule has 70 heavy (non-hydrogen) atoms. The molecule has 326 valence electrons. The zero-order chi connectivity index (χ0) is 45.9. The van der Waals surface area contributed by atoms with Gasteiger partial charge in [0.15, 0.2) is 0 Å². The van der Waals surface area contributed by atoms with Crippen molar-refractivity contribution in [1.29, 1.82) is 0 Å². The quantitative estimate of drug-likeness (QED) is 0.167. The van der Waals surface area contributed by atoms with Crippen molar-refractivity contribution < 1.29 is 17.7 Å². The average molecular weight is 895 g/mol. The summed E-state index contributed by atoms with van der Waals surface area (Å²) in [5.74, 6) is 0. The van der Waals surface area contributed by atoms with Gasteiger partial charge >= 0.3 is 0 Å². The van der Waals surface area contributed by atoms with Crippen molar-refractivity contribution >= 4 is 87.8 Å². The van der Waals surface area contributed by atoms with E-state index in [2.05, 4.69) is 212 Å². The summed E-state index contributed by atoms with van der Waals surface area (Å²) >= 11 is 0. The number of hydrogen-bond donors (Lipinski definition) is 0. The van der Waals surface area contributed by atoms with Gasteiger partial charge in [-0.2, -0.15) is 0 Å². The third kappa shape index (κ3) is 6.24. The predicted molar refractivity (Wildman–Crippen MR) is 288 cm³/mol. The van der Waals surface area contributed by atoms with Gasteiger partial charge in [-0.05, 0) is 158 Å². The largest absolute Gasteiger partial charge is 0.456 e. The monoisotopic (exact) mass is 894 g/mol. The van der Waals surface area contributed by atoms with Gasteiger partial charge < -0.3 is 17.7 Å². The Kier molecular flexibility index (Phi) is 8.33. The van der Waals surface area contributed by atoms with E-state index in [0.29, 0.717) is 0 Å². The number of benzene rings is 11. The molecule has 0 saturated heterocycles. The minimum Gasteiger partial charge on any atom is -0.456 e. The molecule has 0 aliphatic heterocycles. The van der Waals surface area contributed by atoms with Crippen LogP contribution in [0.25, 0.3) is 155 Å². The van der Waals surface area contributed by atoms with Crippen LogP contribution in [-0.4, -0.2) is 0 Å². The zero-order valence-electron chi connectivity index (χ0n) is 37.6. The molecule has 0 fully saturated rings. The molecule has 11 aromatic carbocycles. The van der Waals surface area contributed by atoms with Crippen LogP contribution in [0.3, 0.4) is 0 Å². The Morgan fingerprint density at radius 2 is 0.343 bits per heavy atom. The van der Waals surface area contributed by atoms with E-state index in [1.54, 1.807) is 0 Å².